The van der Waals surface area contributed by atoms with E-state index in [9.17, 15) is 29.1 Å². The number of hydrazine groups is 1. The molecule has 1 atom stereocenters. The lowest BCUT2D eigenvalue weighted by atomic mass is 10.0. The van der Waals surface area contributed by atoms with Crippen molar-refractivity contribution in [2.45, 2.75) is 25.8 Å². The molecule has 2 aromatic rings. The van der Waals surface area contributed by atoms with Gasteiger partial charge < -0.3 is 27.2 Å². The Labute approximate surface area is 211 Å². The average molecular weight is 541 g/mol. The Morgan fingerprint density at radius 2 is 1.78 bits per heavy atom. The Morgan fingerprint density at radius 3 is 2.39 bits per heavy atom. The molecule has 0 saturated heterocycles. The van der Waals surface area contributed by atoms with Crippen molar-refractivity contribution in [1.29, 1.82) is 0 Å². The number of urea groups is 2. The molecule has 1 aromatic carbocycles. The molecule has 10 N–H and O–H groups in total. The number of amides is 6. The molecule has 1 aromatic heterocycles. The number of hydrogen-bond donors (Lipinski definition) is 8. The first kappa shape index (κ1) is 27.7. The number of carboxylic acid groups (broad SMARTS) is 1. The first-order valence-corrected chi connectivity index (χ1v) is 11.0. The molecule has 16 nitrogen and oxygen atoms in total. The molecule has 36 heavy (non-hydrogen) atoms. The maximum Gasteiger partial charge on any atom is 0.332 e. The maximum absolute atomic E-state index is 11.9. The van der Waals surface area contributed by atoms with Gasteiger partial charge in [0, 0.05) is 11.4 Å². The molecule has 1 heterocycles. The lowest BCUT2D eigenvalue weighted by Crippen LogP contribution is -2.45. The number of nitrogens with zero attached hydrogens (tertiary/aromatic N) is 3. The number of aliphatic carboxylic acids is 1. The number of aromatic nitrogens is 2. The number of halogens is 1. The summed E-state index contributed by atoms with van der Waals surface area (Å²) in [5.41, 5.74) is 17.1. The molecule has 0 radical (unpaired) electrons. The van der Waals surface area contributed by atoms with Crippen LogP contribution in [0, 0.1) is 6.92 Å². The average Bonchev–Trinajstić information content (AvgIpc) is 3.22. The molecule has 0 bridgehead atoms. The summed E-state index contributed by atoms with van der Waals surface area (Å²) in [6, 6.07) is 1.62. The third-order valence-corrected chi connectivity index (χ3v) is 5.30. The van der Waals surface area contributed by atoms with E-state index in [1.807, 2.05) is 10.9 Å². The van der Waals surface area contributed by atoms with Crippen LogP contribution in [0.3, 0.4) is 0 Å². The first-order chi connectivity index (χ1) is 16.9. The third-order valence-electron chi connectivity index (χ3n) is 4.10. The minimum absolute atomic E-state index is 0.0279. The molecule has 0 aliphatic heterocycles. The second kappa shape index (κ2) is 12.8. The molecule has 192 valence electrons. The Morgan fingerprint density at radius 1 is 1.08 bits per heavy atom. The molecule has 2 rings (SSSR count). The van der Waals surface area contributed by atoms with Crippen molar-refractivity contribution in [1.82, 2.24) is 26.5 Å². The van der Waals surface area contributed by atoms with Crippen LogP contribution in [0.5, 0.6) is 0 Å². The summed E-state index contributed by atoms with van der Waals surface area (Å²) in [5, 5.41) is 26.6. The summed E-state index contributed by atoms with van der Waals surface area (Å²) < 4.78 is 0. The van der Waals surface area contributed by atoms with Crippen molar-refractivity contribution >= 4 is 68.8 Å². The SMILES string of the molecule is Cc1cc(C(CC(Nc2nnc(NC(=O)CC(=O)NNC(N)=O)s2)C(=O)O)=NNC(N)=O)ccc1Cl. The smallest absolute Gasteiger partial charge is 0.332 e. The fourth-order valence-electron chi connectivity index (χ4n) is 2.53. The van der Waals surface area contributed by atoms with E-state index in [1.165, 1.54) is 0 Å². The van der Waals surface area contributed by atoms with Crippen molar-refractivity contribution < 1.29 is 29.1 Å². The number of carboxylic acids is 1. The summed E-state index contributed by atoms with van der Waals surface area (Å²) in [5.74, 6) is -2.89. The molecular formula is C18H21ClN10O6S. The second-order valence-corrected chi connectivity index (χ2v) is 8.30. The van der Waals surface area contributed by atoms with Crippen LogP contribution >= 0.6 is 22.9 Å². The van der Waals surface area contributed by atoms with Crippen LogP contribution in [-0.4, -0.2) is 56.9 Å². The van der Waals surface area contributed by atoms with Gasteiger partial charge in [-0.25, -0.2) is 25.2 Å². The number of anilines is 2. The van der Waals surface area contributed by atoms with Crippen molar-refractivity contribution in [3.8, 4) is 0 Å². The van der Waals surface area contributed by atoms with Crippen molar-refractivity contribution in [3.63, 3.8) is 0 Å². The number of carbonyl (C=O) groups is 5. The number of nitrogens with two attached hydrogens (primary N) is 2. The summed E-state index contributed by atoms with van der Waals surface area (Å²) in [6.07, 6.45) is -0.876. The van der Waals surface area contributed by atoms with Gasteiger partial charge in [0.05, 0.1) is 5.71 Å². The van der Waals surface area contributed by atoms with Gasteiger partial charge in [-0.2, -0.15) is 5.10 Å². The van der Waals surface area contributed by atoms with Gasteiger partial charge in [0.2, 0.25) is 22.1 Å². The van der Waals surface area contributed by atoms with Gasteiger partial charge >= 0.3 is 18.0 Å². The first-order valence-electron chi connectivity index (χ1n) is 9.80. The van der Waals surface area contributed by atoms with Crippen LogP contribution in [0.2, 0.25) is 5.02 Å². The number of hydrogen-bond acceptors (Lipinski definition) is 10. The zero-order valence-corrected chi connectivity index (χ0v) is 20.1. The van der Waals surface area contributed by atoms with Crippen LogP contribution < -0.4 is 38.4 Å². The highest BCUT2D eigenvalue weighted by molar-refractivity contribution is 7.19. The Hall–Kier alpha value is -4.51. The lowest BCUT2D eigenvalue weighted by Gasteiger charge is -2.15. The van der Waals surface area contributed by atoms with Crippen LogP contribution in [0.15, 0.2) is 23.3 Å². The van der Waals surface area contributed by atoms with Crippen LogP contribution in [-0.2, 0) is 14.4 Å². The molecule has 0 spiro atoms. The molecule has 18 heteroatoms. The zero-order chi connectivity index (χ0) is 26.8. The fourth-order valence-corrected chi connectivity index (χ4v) is 3.36. The van der Waals surface area contributed by atoms with E-state index in [4.69, 9.17) is 23.1 Å². The number of hydrazone groups is 1. The van der Waals surface area contributed by atoms with Crippen molar-refractivity contribution in [3.05, 3.63) is 34.3 Å². The van der Waals surface area contributed by atoms with Gasteiger partial charge in [0.1, 0.15) is 12.5 Å². The largest absolute Gasteiger partial charge is 0.480 e. The van der Waals surface area contributed by atoms with E-state index in [0.717, 1.165) is 11.3 Å². The van der Waals surface area contributed by atoms with Crippen LogP contribution in [0.25, 0.3) is 0 Å². The fraction of sp³-hybridized carbons (Fsp3) is 0.222. The molecule has 0 aliphatic rings. The van der Waals surface area contributed by atoms with E-state index >= 15 is 0 Å². The van der Waals surface area contributed by atoms with E-state index in [-0.39, 0.29) is 22.4 Å². The predicted molar refractivity (Wildman–Crippen MR) is 129 cm³/mol. The van der Waals surface area contributed by atoms with Crippen LogP contribution in [0.4, 0.5) is 19.9 Å². The van der Waals surface area contributed by atoms with Crippen molar-refractivity contribution in [2.24, 2.45) is 16.6 Å². The summed E-state index contributed by atoms with van der Waals surface area (Å²) >= 11 is 6.85. The lowest BCUT2D eigenvalue weighted by molar-refractivity contribution is -0.137. The molecule has 1 unspecified atom stereocenters. The monoisotopic (exact) mass is 540 g/mol. The Bertz CT molecular complexity index is 1200. The summed E-state index contributed by atoms with van der Waals surface area (Å²) in [7, 11) is 0. The molecule has 0 fully saturated rings. The number of aryl methyl sites for hydroxylation is 1. The normalized spacial score (nSPS) is 11.7. The van der Waals surface area contributed by atoms with Gasteiger partial charge in [-0.1, -0.05) is 29.0 Å². The van der Waals surface area contributed by atoms with Gasteiger partial charge in [-0.15, -0.1) is 10.2 Å². The van der Waals surface area contributed by atoms with Gasteiger partial charge in [0.15, 0.2) is 0 Å². The van der Waals surface area contributed by atoms with E-state index in [1.54, 1.807) is 25.1 Å². The highest BCUT2D eigenvalue weighted by atomic mass is 35.5. The second-order valence-electron chi connectivity index (χ2n) is 6.91. The standard InChI is InChI=1S/C18H21ClN10O6S/c1-7-4-8(2-3-9(7)19)10(24-26-15(20)34)5-11(14(32)33)22-17-28-29-18(36-17)23-12(30)6-13(31)25-27-16(21)35/h2-4,11H,5-6H2,1H3,(H,22,28)(H,25,31)(H,32,33)(H3,20,26,34)(H3,21,27,35)(H,23,29,30). The van der Waals surface area contributed by atoms with E-state index in [0.29, 0.717) is 16.1 Å². The minimum Gasteiger partial charge on any atom is -0.480 e. The minimum atomic E-state index is -1.28. The summed E-state index contributed by atoms with van der Waals surface area (Å²) in [6.45, 7) is 1.74. The summed E-state index contributed by atoms with van der Waals surface area (Å²) in [4.78, 5) is 57.0. The number of rotatable bonds is 10. The zero-order valence-electron chi connectivity index (χ0n) is 18.5. The van der Waals surface area contributed by atoms with Gasteiger partial charge in [-0.05, 0) is 30.2 Å². The Balaban J connectivity index is 2.10. The highest BCUT2D eigenvalue weighted by Gasteiger charge is 2.23. The number of nitrogens with one attached hydrogen (secondary N) is 5. The topological polar surface area (TPSA) is 256 Å². The van der Waals surface area contributed by atoms with Gasteiger partial charge in [-0.3, -0.25) is 15.0 Å². The van der Waals surface area contributed by atoms with Crippen LogP contribution in [0.1, 0.15) is 24.0 Å². The van der Waals surface area contributed by atoms with Crippen molar-refractivity contribution in [2.75, 3.05) is 10.6 Å². The molecule has 0 aliphatic carbocycles. The molecular weight excluding hydrogens is 520 g/mol. The molecule has 6 amide bonds. The quantitative estimate of drug-likeness (QED) is 0.113. The molecule has 0 saturated carbocycles. The number of primary amides is 2. The highest BCUT2D eigenvalue weighted by Crippen LogP contribution is 2.23. The number of carbonyl (C=O) groups excluding carboxylic acids is 4. The number of benzene rings is 1. The third kappa shape index (κ3) is 9.03. The van der Waals surface area contributed by atoms with E-state index in [2.05, 4.69) is 31.4 Å². The maximum atomic E-state index is 11.9. The Kier molecular flexibility index (Phi) is 9.87. The van der Waals surface area contributed by atoms with E-state index < -0.39 is 42.3 Å². The van der Waals surface area contributed by atoms with Gasteiger partial charge in [0.25, 0.3) is 0 Å². The predicted octanol–water partition coefficient (Wildman–Crippen LogP) is -0.144.